The largest absolute Gasteiger partial charge is 0.348 e. The SMILES string of the molecule is O=C(CN1C(=O)N[C@]2(CCSC2)C1=O)N[C@H]1CCCc2ccccc21. The molecule has 1 aromatic carbocycles. The molecule has 25 heavy (non-hydrogen) atoms. The van der Waals surface area contributed by atoms with Gasteiger partial charge in [0.2, 0.25) is 5.91 Å². The highest BCUT2D eigenvalue weighted by molar-refractivity contribution is 7.99. The Morgan fingerprint density at radius 3 is 3.00 bits per heavy atom. The zero-order chi connectivity index (χ0) is 17.4. The molecule has 0 unspecified atom stereocenters. The molecule has 2 saturated heterocycles. The molecule has 2 aliphatic heterocycles. The van der Waals surface area contributed by atoms with Crippen molar-refractivity contribution in [2.75, 3.05) is 18.1 Å². The Morgan fingerprint density at radius 1 is 1.36 bits per heavy atom. The number of carbonyl (C=O) groups excluding carboxylic acids is 3. The number of fused-ring (bicyclic) bond motifs is 1. The molecule has 132 valence electrons. The Hall–Kier alpha value is -2.02. The Labute approximate surface area is 150 Å². The van der Waals surface area contributed by atoms with Crippen LogP contribution in [0.5, 0.6) is 0 Å². The first-order chi connectivity index (χ1) is 12.1. The van der Waals surface area contributed by atoms with Gasteiger partial charge in [0.25, 0.3) is 5.91 Å². The third-order valence-electron chi connectivity index (χ3n) is 5.27. The van der Waals surface area contributed by atoms with Crippen molar-refractivity contribution in [1.29, 1.82) is 0 Å². The van der Waals surface area contributed by atoms with Crippen molar-refractivity contribution in [1.82, 2.24) is 15.5 Å². The Bertz CT molecular complexity index is 730. The summed E-state index contributed by atoms with van der Waals surface area (Å²) < 4.78 is 0. The van der Waals surface area contributed by atoms with Crippen LogP contribution >= 0.6 is 11.8 Å². The number of carbonyl (C=O) groups is 3. The molecule has 2 N–H and O–H groups in total. The number of rotatable bonds is 3. The summed E-state index contributed by atoms with van der Waals surface area (Å²) in [4.78, 5) is 38.3. The van der Waals surface area contributed by atoms with Crippen LogP contribution in [0.1, 0.15) is 36.4 Å². The topological polar surface area (TPSA) is 78.5 Å². The van der Waals surface area contributed by atoms with E-state index in [1.54, 1.807) is 11.8 Å². The van der Waals surface area contributed by atoms with Crippen LogP contribution < -0.4 is 10.6 Å². The Kier molecular flexibility index (Phi) is 4.19. The van der Waals surface area contributed by atoms with Crippen molar-refractivity contribution in [3.05, 3.63) is 35.4 Å². The van der Waals surface area contributed by atoms with E-state index in [0.717, 1.165) is 35.5 Å². The summed E-state index contributed by atoms with van der Waals surface area (Å²) in [7, 11) is 0. The fourth-order valence-corrected chi connectivity index (χ4v) is 5.27. The van der Waals surface area contributed by atoms with Gasteiger partial charge in [-0.15, -0.1) is 0 Å². The summed E-state index contributed by atoms with van der Waals surface area (Å²) in [6, 6.07) is 7.61. The van der Waals surface area contributed by atoms with Crippen LogP contribution in [-0.2, 0) is 16.0 Å². The van der Waals surface area contributed by atoms with E-state index in [4.69, 9.17) is 0 Å². The average molecular weight is 359 g/mol. The summed E-state index contributed by atoms with van der Waals surface area (Å²) >= 11 is 1.65. The van der Waals surface area contributed by atoms with Gasteiger partial charge in [0.1, 0.15) is 12.1 Å². The van der Waals surface area contributed by atoms with Crippen LogP contribution in [0, 0.1) is 0 Å². The highest BCUT2D eigenvalue weighted by Crippen LogP contribution is 2.33. The number of nitrogens with one attached hydrogen (secondary N) is 2. The number of hydrogen-bond acceptors (Lipinski definition) is 4. The second-order valence-electron chi connectivity index (χ2n) is 6.92. The molecule has 1 aromatic rings. The van der Waals surface area contributed by atoms with E-state index in [1.807, 2.05) is 18.2 Å². The fourth-order valence-electron chi connectivity index (χ4n) is 3.94. The Balaban J connectivity index is 1.43. The number of thioether (sulfide) groups is 1. The predicted molar refractivity (Wildman–Crippen MR) is 95.2 cm³/mol. The number of nitrogens with zero attached hydrogens (tertiary/aromatic N) is 1. The number of hydrogen-bond donors (Lipinski definition) is 2. The molecule has 1 aliphatic carbocycles. The lowest BCUT2D eigenvalue weighted by Gasteiger charge is -2.27. The van der Waals surface area contributed by atoms with Crippen molar-refractivity contribution < 1.29 is 14.4 Å². The second kappa shape index (κ2) is 6.37. The fraction of sp³-hybridized carbons (Fsp3) is 0.500. The molecule has 2 atom stereocenters. The van der Waals surface area contributed by atoms with Crippen molar-refractivity contribution in [2.24, 2.45) is 0 Å². The maximum Gasteiger partial charge on any atom is 0.325 e. The van der Waals surface area contributed by atoms with Crippen molar-refractivity contribution in [3.8, 4) is 0 Å². The number of amides is 4. The van der Waals surface area contributed by atoms with Crippen LogP contribution in [0.3, 0.4) is 0 Å². The van der Waals surface area contributed by atoms with Gasteiger partial charge in [-0.1, -0.05) is 24.3 Å². The van der Waals surface area contributed by atoms with Gasteiger partial charge in [0.05, 0.1) is 6.04 Å². The molecular weight excluding hydrogens is 338 g/mol. The Morgan fingerprint density at radius 2 is 2.20 bits per heavy atom. The normalized spacial score (nSPS) is 28.2. The molecule has 3 aliphatic rings. The minimum absolute atomic E-state index is 0.0470. The van der Waals surface area contributed by atoms with Crippen LogP contribution in [0.25, 0.3) is 0 Å². The molecule has 0 radical (unpaired) electrons. The number of imide groups is 1. The van der Waals surface area contributed by atoms with Gasteiger partial charge in [-0.2, -0.15) is 11.8 Å². The quantitative estimate of drug-likeness (QED) is 0.804. The summed E-state index contributed by atoms with van der Waals surface area (Å²) in [5.41, 5.74) is 1.61. The minimum atomic E-state index is -0.792. The number of urea groups is 1. The molecule has 1 spiro atoms. The van der Waals surface area contributed by atoms with Crippen molar-refractivity contribution in [2.45, 2.75) is 37.3 Å². The van der Waals surface area contributed by atoms with Crippen molar-refractivity contribution >= 4 is 29.6 Å². The first-order valence-corrected chi connectivity index (χ1v) is 9.84. The van der Waals surface area contributed by atoms with E-state index in [0.29, 0.717) is 12.2 Å². The van der Waals surface area contributed by atoms with Gasteiger partial charge in [-0.3, -0.25) is 14.5 Å². The predicted octanol–water partition coefficient (Wildman–Crippen LogP) is 1.61. The minimum Gasteiger partial charge on any atom is -0.348 e. The van der Waals surface area contributed by atoms with Crippen LogP contribution in [0.15, 0.2) is 24.3 Å². The molecule has 7 heteroatoms. The monoisotopic (exact) mass is 359 g/mol. The lowest BCUT2D eigenvalue weighted by Crippen LogP contribution is -2.48. The second-order valence-corrected chi connectivity index (χ2v) is 8.02. The first-order valence-electron chi connectivity index (χ1n) is 8.68. The van der Waals surface area contributed by atoms with Crippen molar-refractivity contribution in [3.63, 3.8) is 0 Å². The first kappa shape index (κ1) is 16.4. The van der Waals surface area contributed by atoms with Gasteiger partial charge in [-0.25, -0.2) is 4.79 Å². The zero-order valence-electron chi connectivity index (χ0n) is 13.9. The molecule has 0 saturated carbocycles. The molecular formula is C18H21N3O3S. The third-order valence-corrected chi connectivity index (χ3v) is 6.46. The maximum atomic E-state index is 12.6. The summed E-state index contributed by atoms with van der Waals surface area (Å²) in [6.45, 7) is -0.213. The van der Waals surface area contributed by atoms with E-state index in [9.17, 15) is 14.4 Å². The summed E-state index contributed by atoms with van der Waals surface area (Å²) in [5.74, 6) is 0.894. The standard InChI is InChI=1S/C18H21N3O3S/c22-15(19-14-7-3-5-12-4-1-2-6-13(12)14)10-21-16(23)18(20-17(21)24)8-9-25-11-18/h1-2,4,6,14H,3,5,7-11H2,(H,19,22)(H,20,24)/t14-,18-/m0/s1. The molecule has 2 fully saturated rings. The molecule has 6 nitrogen and oxygen atoms in total. The molecule has 2 heterocycles. The summed E-state index contributed by atoms with van der Waals surface area (Å²) in [5, 5.41) is 5.79. The van der Waals surface area contributed by atoms with Gasteiger partial charge < -0.3 is 10.6 Å². The molecule has 0 aromatic heterocycles. The van der Waals surface area contributed by atoms with Gasteiger partial charge in [-0.05, 0) is 42.6 Å². The lowest BCUT2D eigenvalue weighted by molar-refractivity contribution is -0.134. The van der Waals surface area contributed by atoms with Gasteiger partial charge in [0, 0.05) is 5.75 Å². The van der Waals surface area contributed by atoms with E-state index in [2.05, 4.69) is 16.7 Å². The van der Waals surface area contributed by atoms with Crippen LogP contribution in [0.4, 0.5) is 4.79 Å². The van der Waals surface area contributed by atoms with E-state index in [-0.39, 0.29) is 24.4 Å². The lowest BCUT2D eigenvalue weighted by atomic mass is 9.88. The number of benzene rings is 1. The molecule has 4 amide bonds. The van der Waals surface area contributed by atoms with Crippen LogP contribution in [-0.4, -0.2) is 46.3 Å². The smallest absolute Gasteiger partial charge is 0.325 e. The van der Waals surface area contributed by atoms with Gasteiger partial charge in [0.15, 0.2) is 0 Å². The highest BCUT2D eigenvalue weighted by Gasteiger charge is 2.53. The zero-order valence-corrected chi connectivity index (χ0v) is 14.7. The highest BCUT2D eigenvalue weighted by atomic mass is 32.2. The maximum absolute atomic E-state index is 12.6. The van der Waals surface area contributed by atoms with Crippen LogP contribution in [0.2, 0.25) is 0 Å². The third kappa shape index (κ3) is 2.90. The molecule has 4 rings (SSSR count). The molecule has 0 bridgehead atoms. The van der Waals surface area contributed by atoms with E-state index in [1.165, 1.54) is 5.56 Å². The summed E-state index contributed by atoms with van der Waals surface area (Å²) in [6.07, 6.45) is 3.56. The average Bonchev–Trinajstić information content (AvgIpc) is 3.16. The van der Waals surface area contributed by atoms with E-state index >= 15 is 0 Å². The van der Waals surface area contributed by atoms with Gasteiger partial charge >= 0.3 is 6.03 Å². The van der Waals surface area contributed by atoms with E-state index < -0.39 is 11.6 Å². The number of aryl methyl sites for hydroxylation is 1.